The number of para-hydroxylation sites is 1. The van der Waals surface area contributed by atoms with Crippen molar-refractivity contribution in [2.75, 3.05) is 19.0 Å². The lowest BCUT2D eigenvalue weighted by Gasteiger charge is -2.42. The standard InChI is InChI=1S/C25H24N4O6/c1-4-35-22(31)19-20-21(30)29(14-16-10-12-18(34-3)13-11-16)25(2,24(33)28(20)15-26-19)23(32)27-17-8-6-5-7-9-17/h5-13,15H,4,14H2,1-3H3,(H,27,32). The SMILES string of the molecule is CCOC(=O)c1ncn2c1C(=O)N(Cc1ccc(OC)cc1)C(C)(C(=O)Nc1ccccc1)C2=O. The van der Waals surface area contributed by atoms with Gasteiger partial charge in [-0.1, -0.05) is 30.3 Å². The molecule has 0 bridgehead atoms. The van der Waals surface area contributed by atoms with Gasteiger partial charge in [-0.25, -0.2) is 9.78 Å². The fraction of sp³-hybridized carbons (Fsp3) is 0.240. The van der Waals surface area contributed by atoms with Crippen LogP contribution >= 0.6 is 0 Å². The molecular weight excluding hydrogens is 452 g/mol. The number of imidazole rings is 1. The minimum Gasteiger partial charge on any atom is -0.497 e. The molecule has 4 rings (SSSR count). The molecule has 1 aromatic heterocycles. The smallest absolute Gasteiger partial charge is 0.359 e. The normalized spacial score (nSPS) is 17.1. The minimum absolute atomic E-state index is 0.0695. The van der Waals surface area contributed by atoms with Gasteiger partial charge in [0, 0.05) is 12.2 Å². The summed E-state index contributed by atoms with van der Waals surface area (Å²) in [5.41, 5.74) is -1.35. The maximum atomic E-state index is 13.8. The van der Waals surface area contributed by atoms with E-state index in [4.69, 9.17) is 9.47 Å². The summed E-state index contributed by atoms with van der Waals surface area (Å²) in [4.78, 5) is 58.5. The third-order valence-corrected chi connectivity index (χ3v) is 5.83. The monoisotopic (exact) mass is 476 g/mol. The largest absolute Gasteiger partial charge is 0.497 e. The Labute approximate surface area is 201 Å². The maximum Gasteiger partial charge on any atom is 0.359 e. The third kappa shape index (κ3) is 4.14. The Balaban J connectivity index is 1.80. The number of anilines is 1. The van der Waals surface area contributed by atoms with Gasteiger partial charge in [0.05, 0.1) is 13.7 Å². The van der Waals surface area contributed by atoms with Crippen LogP contribution in [0.25, 0.3) is 0 Å². The zero-order valence-corrected chi connectivity index (χ0v) is 19.5. The van der Waals surface area contributed by atoms with E-state index < -0.39 is 29.2 Å². The number of aromatic nitrogens is 2. The van der Waals surface area contributed by atoms with Gasteiger partial charge in [0.15, 0.2) is 11.2 Å². The Morgan fingerprint density at radius 2 is 1.74 bits per heavy atom. The van der Waals surface area contributed by atoms with Crippen molar-refractivity contribution in [2.24, 2.45) is 0 Å². The molecule has 180 valence electrons. The molecule has 0 radical (unpaired) electrons. The highest BCUT2D eigenvalue weighted by Gasteiger charge is 2.55. The van der Waals surface area contributed by atoms with Crippen molar-refractivity contribution in [1.29, 1.82) is 0 Å². The van der Waals surface area contributed by atoms with Gasteiger partial charge < -0.3 is 19.7 Å². The number of methoxy groups -OCH3 is 1. The Morgan fingerprint density at radius 3 is 2.37 bits per heavy atom. The van der Waals surface area contributed by atoms with E-state index in [9.17, 15) is 19.2 Å². The molecule has 2 amide bonds. The molecule has 10 heteroatoms. The van der Waals surface area contributed by atoms with Crippen molar-refractivity contribution >= 4 is 29.4 Å². The molecule has 3 aromatic rings. The Kier molecular flexibility index (Phi) is 6.37. The van der Waals surface area contributed by atoms with Crippen LogP contribution in [0, 0.1) is 0 Å². The lowest BCUT2D eigenvalue weighted by molar-refractivity contribution is -0.124. The predicted molar refractivity (Wildman–Crippen MR) is 125 cm³/mol. The van der Waals surface area contributed by atoms with E-state index in [-0.39, 0.29) is 24.5 Å². The molecule has 0 saturated carbocycles. The van der Waals surface area contributed by atoms with Gasteiger partial charge in [0.2, 0.25) is 0 Å². The van der Waals surface area contributed by atoms with E-state index in [0.29, 0.717) is 17.0 Å². The first-order valence-corrected chi connectivity index (χ1v) is 10.9. The van der Waals surface area contributed by atoms with E-state index in [1.165, 1.54) is 14.0 Å². The lowest BCUT2D eigenvalue weighted by Crippen LogP contribution is -2.66. The molecule has 2 aromatic carbocycles. The highest BCUT2D eigenvalue weighted by molar-refractivity contribution is 6.22. The topological polar surface area (TPSA) is 120 Å². The first-order chi connectivity index (χ1) is 16.8. The number of benzene rings is 2. The molecule has 0 aliphatic carbocycles. The Bertz CT molecular complexity index is 1290. The molecule has 0 fully saturated rings. The fourth-order valence-electron chi connectivity index (χ4n) is 3.87. The van der Waals surface area contributed by atoms with E-state index in [1.54, 1.807) is 61.5 Å². The second-order valence-corrected chi connectivity index (χ2v) is 7.97. The van der Waals surface area contributed by atoms with Crippen LogP contribution in [-0.2, 0) is 16.1 Å². The van der Waals surface area contributed by atoms with Gasteiger partial charge in [0.1, 0.15) is 17.8 Å². The van der Waals surface area contributed by atoms with Crippen molar-refractivity contribution in [3.8, 4) is 5.75 Å². The number of hydrogen-bond donors (Lipinski definition) is 1. The highest BCUT2D eigenvalue weighted by Crippen LogP contribution is 2.32. The molecule has 1 aliphatic rings. The number of ether oxygens (including phenoxy) is 2. The number of carbonyl (C=O) groups excluding carboxylic acids is 4. The van der Waals surface area contributed by atoms with Gasteiger partial charge in [-0.3, -0.25) is 19.0 Å². The molecule has 0 spiro atoms. The molecular formula is C25H24N4O6. The average molecular weight is 476 g/mol. The van der Waals surface area contributed by atoms with Gasteiger partial charge in [-0.2, -0.15) is 0 Å². The van der Waals surface area contributed by atoms with Gasteiger partial charge >= 0.3 is 5.97 Å². The van der Waals surface area contributed by atoms with Crippen molar-refractivity contribution in [3.63, 3.8) is 0 Å². The molecule has 0 saturated heterocycles. The van der Waals surface area contributed by atoms with E-state index >= 15 is 0 Å². The molecule has 2 heterocycles. The van der Waals surface area contributed by atoms with Crippen molar-refractivity contribution in [1.82, 2.24) is 14.5 Å². The van der Waals surface area contributed by atoms with Gasteiger partial charge in [-0.15, -0.1) is 0 Å². The van der Waals surface area contributed by atoms with Crippen LogP contribution in [0.5, 0.6) is 5.75 Å². The fourth-order valence-corrected chi connectivity index (χ4v) is 3.87. The highest BCUT2D eigenvalue weighted by atomic mass is 16.5. The van der Waals surface area contributed by atoms with E-state index in [0.717, 1.165) is 15.8 Å². The summed E-state index contributed by atoms with van der Waals surface area (Å²) >= 11 is 0. The quantitative estimate of drug-likeness (QED) is 0.411. The summed E-state index contributed by atoms with van der Waals surface area (Å²) in [6, 6.07) is 15.5. The van der Waals surface area contributed by atoms with Crippen LogP contribution in [0.2, 0.25) is 0 Å². The van der Waals surface area contributed by atoms with Crippen molar-refractivity contribution in [3.05, 3.63) is 77.9 Å². The summed E-state index contributed by atoms with van der Waals surface area (Å²) in [5, 5.41) is 2.72. The third-order valence-electron chi connectivity index (χ3n) is 5.83. The van der Waals surface area contributed by atoms with Crippen LogP contribution in [0.3, 0.4) is 0 Å². The van der Waals surface area contributed by atoms with Crippen LogP contribution in [0.4, 0.5) is 5.69 Å². The first-order valence-electron chi connectivity index (χ1n) is 10.9. The second-order valence-electron chi connectivity index (χ2n) is 7.97. The maximum absolute atomic E-state index is 13.8. The van der Waals surface area contributed by atoms with E-state index in [1.807, 2.05) is 0 Å². The van der Waals surface area contributed by atoms with Gasteiger partial charge in [0.25, 0.3) is 17.7 Å². The zero-order chi connectivity index (χ0) is 25.2. The molecule has 1 N–H and O–H groups in total. The summed E-state index contributed by atoms with van der Waals surface area (Å²) in [5.74, 6) is -2.34. The number of carbonyl (C=O) groups is 4. The minimum atomic E-state index is -1.94. The summed E-state index contributed by atoms with van der Waals surface area (Å²) < 4.78 is 11.1. The Morgan fingerprint density at radius 1 is 1.06 bits per heavy atom. The summed E-state index contributed by atoms with van der Waals surface area (Å²) in [6.07, 6.45) is 1.07. The molecule has 1 unspecified atom stereocenters. The van der Waals surface area contributed by atoms with Crippen molar-refractivity contribution < 1.29 is 28.7 Å². The van der Waals surface area contributed by atoms with Crippen LogP contribution in [0.1, 0.15) is 45.2 Å². The van der Waals surface area contributed by atoms with Crippen molar-refractivity contribution in [2.45, 2.75) is 25.9 Å². The summed E-state index contributed by atoms with van der Waals surface area (Å²) in [6.45, 7) is 2.98. The number of esters is 1. The number of nitrogens with one attached hydrogen (secondary N) is 1. The summed E-state index contributed by atoms with van der Waals surface area (Å²) in [7, 11) is 1.53. The van der Waals surface area contributed by atoms with Gasteiger partial charge in [-0.05, 0) is 43.7 Å². The Hall–Kier alpha value is -4.47. The lowest BCUT2D eigenvalue weighted by atomic mass is 9.92. The number of hydrogen-bond acceptors (Lipinski definition) is 7. The van der Waals surface area contributed by atoms with Crippen LogP contribution in [-0.4, -0.2) is 57.4 Å². The van der Waals surface area contributed by atoms with Crippen LogP contribution in [0.15, 0.2) is 60.9 Å². The first kappa shape index (κ1) is 23.7. The molecule has 10 nitrogen and oxygen atoms in total. The van der Waals surface area contributed by atoms with Crippen LogP contribution < -0.4 is 10.1 Å². The molecule has 35 heavy (non-hydrogen) atoms. The number of fused-ring (bicyclic) bond motifs is 1. The predicted octanol–water partition coefficient (Wildman–Crippen LogP) is 2.76. The number of rotatable bonds is 7. The van der Waals surface area contributed by atoms with E-state index in [2.05, 4.69) is 10.3 Å². The molecule has 1 aliphatic heterocycles. The number of amides is 2. The molecule has 1 atom stereocenters. The average Bonchev–Trinajstić information content (AvgIpc) is 3.32. The zero-order valence-electron chi connectivity index (χ0n) is 19.5. The second kappa shape index (κ2) is 9.41. The number of nitrogens with zero attached hydrogens (tertiary/aromatic N) is 3.